The number of methoxy groups -OCH3 is 1. The first kappa shape index (κ1) is 16.0. The quantitative estimate of drug-likeness (QED) is 0.321. The number of nitrogens with one attached hydrogen (secondary N) is 1. The van der Waals surface area contributed by atoms with Gasteiger partial charge in [0, 0.05) is 18.2 Å². The van der Waals surface area contributed by atoms with E-state index in [9.17, 15) is 14.4 Å². The molecule has 0 radical (unpaired) electrons. The molecule has 7 heteroatoms. The van der Waals surface area contributed by atoms with Gasteiger partial charge in [-0.15, -0.1) is 0 Å². The van der Waals surface area contributed by atoms with E-state index >= 15 is 0 Å². The van der Waals surface area contributed by atoms with E-state index < -0.39 is 18.0 Å². The highest BCUT2D eigenvalue weighted by atomic mass is 16.6. The number of carbonyl (C=O) groups is 3. The van der Waals surface area contributed by atoms with E-state index in [2.05, 4.69) is 14.8 Å². The van der Waals surface area contributed by atoms with Crippen LogP contribution in [0.15, 0.2) is 12.2 Å². The molecule has 0 aliphatic rings. The Hall–Kier alpha value is -2.05. The molecule has 1 N–H and O–H groups in total. The lowest BCUT2D eigenvalue weighted by Crippen LogP contribution is -2.31. The van der Waals surface area contributed by atoms with Crippen LogP contribution >= 0.6 is 0 Å². The Morgan fingerprint density at radius 2 is 1.61 bits per heavy atom. The molecule has 0 saturated carbocycles. The van der Waals surface area contributed by atoms with Crippen molar-refractivity contribution in [2.75, 3.05) is 20.3 Å². The van der Waals surface area contributed by atoms with Crippen LogP contribution in [0.3, 0.4) is 0 Å². The van der Waals surface area contributed by atoms with Crippen molar-refractivity contribution in [2.45, 2.75) is 19.9 Å². The Morgan fingerprint density at radius 1 is 1.06 bits per heavy atom. The van der Waals surface area contributed by atoms with Crippen molar-refractivity contribution >= 4 is 18.0 Å². The molecule has 0 aromatic heterocycles. The maximum atomic E-state index is 11.0. The number of ether oxygens (including phenoxy) is 3. The minimum Gasteiger partial charge on any atom is -0.466 e. The normalized spacial score (nSPS) is 10.2. The van der Waals surface area contributed by atoms with E-state index in [0.717, 1.165) is 12.2 Å². The van der Waals surface area contributed by atoms with Crippen LogP contribution in [0.5, 0.6) is 0 Å². The zero-order chi connectivity index (χ0) is 14.0. The highest BCUT2D eigenvalue weighted by Crippen LogP contribution is 1.87. The van der Waals surface area contributed by atoms with Crippen molar-refractivity contribution in [1.82, 2.24) is 5.32 Å². The average Bonchev–Trinajstić information content (AvgIpc) is 2.30. The van der Waals surface area contributed by atoms with E-state index in [1.807, 2.05) is 0 Å². The highest BCUT2D eigenvalue weighted by Gasteiger charge is 2.04. The van der Waals surface area contributed by atoms with Crippen LogP contribution in [0.2, 0.25) is 0 Å². The van der Waals surface area contributed by atoms with Crippen LogP contribution in [0.25, 0.3) is 0 Å². The fourth-order valence-electron chi connectivity index (χ4n) is 0.806. The minimum absolute atomic E-state index is 0.0250. The molecule has 0 atom stereocenters. The van der Waals surface area contributed by atoms with Crippen LogP contribution in [-0.2, 0) is 23.8 Å². The van der Waals surface area contributed by atoms with Crippen LogP contribution in [0.4, 0.5) is 4.79 Å². The summed E-state index contributed by atoms with van der Waals surface area (Å²) in [5.41, 5.74) is 0. The Morgan fingerprint density at radius 3 is 2.17 bits per heavy atom. The molecule has 0 bridgehead atoms. The number of alkyl carbamates (subject to hydrolysis) is 1. The van der Waals surface area contributed by atoms with Crippen molar-refractivity contribution in [3.05, 3.63) is 12.2 Å². The number of hydrogen-bond donors (Lipinski definition) is 1. The summed E-state index contributed by atoms with van der Waals surface area (Å²) >= 11 is 0. The third kappa shape index (κ3) is 9.20. The summed E-state index contributed by atoms with van der Waals surface area (Å²) in [6.07, 6.45) is 1.29. The van der Waals surface area contributed by atoms with Gasteiger partial charge in [-0.2, -0.15) is 0 Å². The fraction of sp³-hybridized carbons (Fsp3) is 0.545. The first-order valence-electron chi connectivity index (χ1n) is 5.31. The number of rotatable bonds is 6. The van der Waals surface area contributed by atoms with Gasteiger partial charge in [-0.25, -0.2) is 14.4 Å². The summed E-state index contributed by atoms with van der Waals surface area (Å²) in [5, 5.41) is 2.50. The molecule has 0 aromatic carbocycles. The van der Waals surface area contributed by atoms with Gasteiger partial charge in [0.25, 0.3) is 0 Å². The Bertz CT molecular complexity index is 323. The van der Waals surface area contributed by atoms with E-state index in [0.29, 0.717) is 0 Å². The third-order valence-electron chi connectivity index (χ3n) is 1.52. The molecule has 102 valence electrons. The van der Waals surface area contributed by atoms with Crippen molar-refractivity contribution in [1.29, 1.82) is 0 Å². The smallest absolute Gasteiger partial charge is 0.407 e. The molecule has 1 amide bonds. The van der Waals surface area contributed by atoms with Gasteiger partial charge < -0.3 is 19.5 Å². The van der Waals surface area contributed by atoms with Crippen molar-refractivity contribution in [3.8, 4) is 0 Å². The van der Waals surface area contributed by atoms with Crippen LogP contribution < -0.4 is 5.32 Å². The summed E-state index contributed by atoms with van der Waals surface area (Å²) in [6, 6.07) is -0.0250. The van der Waals surface area contributed by atoms with Gasteiger partial charge in [-0.05, 0) is 13.8 Å². The van der Waals surface area contributed by atoms with Crippen LogP contribution in [-0.4, -0.2) is 44.4 Å². The van der Waals surface area contributed by atoms with Gasteiger partial charge in [0.05, 0.1) is 7.11 Å². The van der Waals surface area contributed by atoms with Crippen LogP contribution in [0.1, 0.15) is 13.8 Å². The van der Waals surface area contributed by atoms with E-state index in [1.165, 1.54) is 7.11 Å². The largest absolute Gasteiger partial charge is 0.466 e. The monoisotopic (exact) mass is 259 g/mol. The van der Waals surface area contributed by atoms with Crippen LogP contribution in [0, 0.1) is 0 Å². The molecule has 0 saturated heterocycles. The molecule has 0 aliphatic heterocycles. The lowest BCUT2D eigenvalue weighted by atomic mass is 10.4. The lowest BCUT2D eigenvalue weighted by molar-refractivity contribution is -0.140. The van der Waals surface area contributed by atoms with Gasteiger partial charge in [0.2, 0.25) is 0 Å². The van der Waals surface area contributed by atoms with Crippen molar-refractivity contribution in [3.63, 3.8) is 0 Å². The number of carbonyl (C=O) groups excluding carboxylic acids is 3. The van der Waals surface area contributed by atoms with Gasteiger partial charge in [0.15, 0.2) is 0 Å². The first-order valence-corrected chi connectivity index (χ1v) is 5.31. The van der Waals surface area contributed by atoms with E-state index in [4.69, 9.17) is 4.74 Å². The molecule has 0 aromatic rings. The molecular weight excluding hydrogens is 242 g/mol. The number of amides is 1. The first-order chi connectivity index (χ1) is 8.45. The van der Waals surface area contributed by atoms with Gasteiger partial charge >= 0.3 is 18.0 Å². The molecule has 18 heavy (non-hydrogen) atoms. The second kappa shape index (κ2) is 9.03. The Kier molecular flexibility index (Phi) is 8.00. The summed E-state index contributed by atoms with van der Waals surface area (Å²) in [4.78, 5) is 32.7. The SMILES string of the molecule is COC(=O)/C=C/C(=O)OCCOC(=O)NC(C)C. The zero-order valence-corrected chi connectivity index (χ0v) is 10.6. The summed E-state index contributed by atoms with van der Waals surface area (Å²) in [6.45, 7) is 3.43. The Balaban J connectivity index is 3.66. The molecule has 0 fully saturated rings. The molecule has 0 aliphatic carbocycles. The third-order valence-corrected chi connectivity index (χ3v) is 1.52. The lowest BCUT2D eigenvalue weighted by Gasteiger charge is -2.08. The van der Waals surface area contributed by atoms with E-state index in [-0.39, 0.29) is 19.3 Å². The summed E-state index contributed by atoms with van der Waals surface area (Å²) in [5.74, 6) is -1.37. The average molecular weight is 259 g/mol. The standard InChI is InChI=1S/C11H17NO6/c1-8(2)12-11(15)18-7-6-17-10(14)5-4-9(13)16-3/h4-5,8H,6-7H2,1-3H3,(H,12,15)/b5-4+. The highest BCUT2D eigenvalue weighted by molar-refractivity contribution is 5.91. The van der Waals surface area contributed by atoms with Gasteiger partial charge in [-0.3, -0.25) is 0 Å². The van der Waals surface area contributed by atoms with E-state index in [1.54, 1.807) is 13.8 Å². The molecule has 0 rings (SSSR count). The topological polar surface area (TPSA) is 90.9 Å². The maximum absolute atomic E-state index is 11.0. The Labute approximate surface area is 105 Å². The number of esters is 2. The van der Waals surface area contributed by atoms with Gasteiger partial charge in [0.1, 0.15) is 13.2 Å². The second-order valence-corrected chi connectivity index (χ2v) is 3.46. The van der Waals surface area contributed by atoms with Gasteiger partial charge in [-0.1, -0.05) is 0 Å². The fourth-order valence-corrected chi connectivity index (χ4v) is 0.806. The number of hydrogen-bond acceptors (Lipinski definition) is 6. The summed E-state index contributed by atoms with van der Waals surface area (Å²) in [7, 11) is 1.19. The molecule has 7 nitrogen and oxygen atoms in total. The predicted octanol–water partition coefficient (Wildman–Crippen LogP) is 0.393. The van der Waals surface area contributed by atoms with Crippen molar-refractivity contribution < 1.29 is 28.6 Å². The predicted molar refractivity (Wildman–Crippen MR) is 61.7 cm³/mol. The summed E-state index contributed by atoms with van der Waals surface area (Å²) < 4.78 is 13.6. The van der Waals surface area contributed by atoms with Crippen molar-refractivity contribution in [2.24, 2.45) is 0 Å². The molecule has 0 heterocycles. The molecule has 0 unspecified atom stereocenters. The zero-order valence-electron chi connectivity index (χ0n) is 10.6. The molecular formula is C11H17NO6. The maximum Gasteiger partial charge on any atom is 0.407 e. The molecule has 0 spiro atoms. The second-order valence-electron chi connectivity index (χ2n) is 3.46. The minimum atomic E-state index is -0.715.